The Morgan fingerprint density at radius 2 is 1.47 bits per heavy atom. The highest BCUT2D eigenvalue weighted by Crippen LogP contribution is 2.25. The number of carbonyl (C=O) groups is 1. The second-order valence-electron chi connectivity index (χ2n) is 4.41. The van der Waals surface area contributed by atoms with Crippen LogP contribution >= 0.6 is 12.4 Å². The summed E-state index contributed by atoms with van der Waals surface area (Å²) < 4.78 is 0. The molecule has 0 aromatic rings. The monoisotopic (exact) mass is 286 g/mol. The Labute approximate surface area is 124 Å². The summed E-state index contributed by atoms with van der Waals surface area (Å²) >= 11 is 0. The first-order valence-corrected chi connectivity index (χ1v) is 5.57. The molecule has 110 valence electrons. The number of nitrogens with one attached hydrogen (secondary N) is 1. The first-order chi connectivity index (χ1) is 7.69. The predicted octanol–water partition coefficient (Wildman–Crippen LogP) is 2.20. The van der Waals surface area contributed by atoms with Gasteiger partial charge in [0, 0.05) is 23.9 Å². The van der Waals surface area contributed by atoms with Crippen LogP contribution in [0.2, 0.25) is 0 Å². The van der Waals surface area contributed by atoms with Crippen LogP contribution in [0, 0.1) is 36.5 Å². The van der Waals surface area contributed by atoms with Crippen LogP contribution in [0.15, 0.2) is 0 Å². The maximum Gasteiger partial charge on any atom is 0.207 e. The highest BCUT2D eigenvalue weighted by molar-refractivity contribution is 5.85. The lowest BCUT2D eigenvalue weighted by molar-refractivity contribution is -0.110. The molecule has 2 aliphatic carbocycles. The van der Waals surface area contributed by atoms with Crippen molar-refractivity contribution in [3.63, 3.8) is 0 Å². The lowest BCUT2D eigenvalue weighted by Crippen LogP contribution is -2.39. The van der Waals surface area contributed by atoms with E-state index in [1.807, 2.05) is 0 Å². The molecule has 0 aromatic heterocycles. The van der Waals surface area contributed by atoms with Crippen molar-refractivity contribution in [2.75, 3.05) is 0 Å². The van der Waals surface area contributed by atoms with E-state index in [4.69, 9.17) is 18.6 Å². The number of rotatable bonds is 2. The molecule has 3 nitrogen and oxygen atoms in total. The third-order valence-electron chi connectivity index (χ3n) is 3.09. The van der Waals surface area contributed by atoms with E-state index in [1.54, 1.807) is 0 Å². The van der Waals surface area contributed by atoms with Gasteiger partial charge in [0.25, 0.3) is 0 Å². The highest BCUT2D eigenvalue weighted by Gasteiger charge is 2.26. The molecule has 0 atom stereocenters. The molecule has 2 aliphatic rings. The minimum Gasteiger partial charge on any atom is -0.356 e. The molecule has 0 spiro atoms. The number of halogens is 1. The van der Waals surface area contributed by atoms with Gasteiger partial charge in [-0.15, -0.1) is 37.1 Å². The molecule has 2 saturated carbocycles. The summed E-state index contributed by atoms with van der Waals surface area (Å²) in [5, 5.41) is 2.67. The summed E-state index contributed by atoms with van der Waals surface area (Å²) in [6, 6.07) is 0.754. The molecule has 1 amide bonds. The van der Waals surface area contributed by atoms with Crippen LogP contribution in [0.5, 0.6) is 0 Å². The molecule has 0 aliphatic heterocycles. The van der Waals surface area contributed by atoms with E-state index in [0.717, 1.165) is 32.1 Å². The van der Waals surface area contributed by atoms with Crippen molar-refractivity contribution >= 4 is 18.8 Å². The zero-order valence-electron chi connectivity index (χ0n) is 9.76. The van der Waals surface area contributed by atoms with Gasteiger partial charge >= 0.3 is 0 Å². The maximum atomic E-state index is 9.84. The van der Waals surface area contributed by atoms with Crippen molar-refractivity contribution < 1.29 is 4.79 Å². The minimum absolute atomic E-state index is 0. The summed E-state index contributed by atoms with van der Waals surface area (Å²) in [5.41, 5.74) is 5.45. The molecule has 0 aromatic carbocycles. The lowest BCUT2D eigenvalue weighted by atomic mass is 9.81. The predicted molar refractivity (Wildman–Crippen MR) is 84.8 cm³/mol. The third-order valence-corrected chi connectivity index (χ3v) is 3.09. The Kier molecular flexibility index (Phi) is 14.4. The van der Waals surface area contributed by atoms with Crippen molar-refractivity contribution in [3.05, 3.63) is 0 Å². The SMILES string of the molecule is C.C.C#CC1CC(N)C1.C#CC1CC(NC=O)C1.Cl. The van der Waals surface area contributed by atoms with Gasteiger partial charge in [-0.2, -0.15) is 0 Å². The average Bonchev–Trinajstić information content (AvgIpc) is 2.19. The van der Waals surface area contributed by atoms with Crippen molar-refractivity contribution in [3.8, 4) is 24.7 Å². The molecule has 0 heterocycles. The van der Waals surface area contributed by atoms with Crippen LogP contribution < -0.4 is 11.1 Å². The summed E-state index contributed by atoms with van der Waals surface area (Å²) in [7, 11) is 0. The Morgan fingerprint density at radius 1 is 1.05 bits per heavy atom. The number of amides is 1. The smallest absolute Gasteiger partial charge is 0.207 e. The Balaban J connectivity index is -0.000000237. The summed E-state index contributed by atoms with van der Waals surface area (Å²) in [6.07, 6.45) is 14.9. The Hall–Kier alpha value is -1.16. The van der Waals surface area contributed by atoms with E-state index < -0.39 is 0 Å². The largest absolute Gasteiger partial charge is 0.356 e. The number of carbonyl (C=O) groups excluding carboxylic acids is 1. The van der Waals surface area contributed by atoms with Crippen molar-refractivity contribution in [1.29, 1.82) is 0 Å². The second-order valence-corrected chi connectivity index (χ2v) is 4.41. The third kappa shape index (κ3) is 7.78. The fourth-order valence-electron chi connectivity index (χ4n) is 1.78. The van der Waals surface area contributed by atoms with E-state index in [0.29, 0.717) is 23.9 Å². The van der Waals surface area contributed by atoms with E-state index in [2.05, 4.69) is 17.2 Å². The fraction of sp³-hybridized carbons (Fsp3) is 0.667. The van der Waals surface area contributed by atoms with Gasteiger partial charge in [0.1, 0.15) is 0 Å². The molecule has 2 fully saturated rings. The van der Waals surface area contributed by atoms with Crippen LogP contribution in [0.4, 0.5) is 0 Å². The summed E-state index contributed by atoms with van der Waals surface area (Å²) in [6.45, 7) is 0. The van der Waals surface area contributed by atoms with Gasteiger partial charge in [-0.3, -0.25) is 4.79 Å². The molecule has 0 saturated heterocycles. The second kappa shape index (κ2) is 11.9. The van der Waals surface area contributed by atoms with Gasteiger partial charge in [-0.1, -0.05) is 14.9 Å². The topological polar surface area (TPSA) is 55.1 Å². The van der Waals surface area contributed by atoms with Crippen LogP contribution in [0.1, 0.15) is 40.5 Å². The minimum atomic E-state index is 0. The van der Waals surface area contributed by atoms with Gasteiger partial charge in [-0.25, -0.2) is 0 Å². The zero-order chi connectivity index (χ0) is 12.0. The van der Waals surface area contributed by atoms with Gasteiger partial charge in [-0.05, 0) is 25.7 Å². The molecule has 3 N–H and O–H groups in total. The van der Waals surface area contributed by atoms with E-state index >= 15 is 0 Å². The van der Waals surface area contributed by atoms with E-state index in [1.165, 1.54) is 0 Å². The van der Waals surface area contributed by atoms with Crippen molar-refractivity contribution in [2.24, 2.45) is 17.6 Å². The van der Waals surface area contributed by atoms with Gasteiger partial charge in [0.2, 0.25) is 6.41 Å². The number of nitrogens with two attached hydrogens (primary N) is 1. The highest BCUT2D eigenvalue weighted by atomic mass is 35.5. The van der Waals surface area contributed by atoms with Gasteiger partial charge < -0.3 is 11.1 Å². The molecule has 0 radical (unpaired) electrons. The van der Waals surface area contributed by atoms with E-state index in [9.17, 15) is 4.79 Å². The standard InChI is InChI=1S/C7H9NO.C6H9N.2CH4.ClH/c1-2-6-3-7(4-6)8-5-9;1-2-5-3-6(7)4-5;;;/h1,5-7H,3-4H2,(H,8,9);1,5-6H,3-4,7H2;2*1H4;1H. The quantitative estimate of drug-likeness (QED) is 0.604. The number of hydrogen-bond acceptors (Lipinski definition) is 2. The first-order valence-electron chi connectivity index (χ1n) is 5.57. The van der Waals surface area contributed by atoms with E-state index in [-0.39, 0.29) is 27.3 Å². The van der Waals surface area contributed by atoms with Crippen LogP contribution in [0.3, 0.4) is 0 Å². The molecule has 4 heteroatoms. The maximum absolute atomic E-state index is 9.84. The van der Waals surface area contributed by atoms with Gasteiger partial charge in [0.05, 0.1) is 0 Å². The Bertz CT molecular complexity index is 307. The Morgan fingerprint density at radius 3 is 1.74 bits per heavy atom. The first kappa shape index (κ1) is 23.0. The van der Waals surface area contributed by atoms with Crippen LogP contribution in [-0.4, -0.2) is 18.5 Å². The molecular formula is C15H27ClN2O. The van der Waals surface area contributed by atoms with Crippen molar-refractivity contribution in [2.45, 2.75) is 52.6 Å². The van der Waals surface area contributed by atoms with Gasteiger partial charge in [0.15, 0.2) is 0 Å². The molecule has 19 heavy (non-hydrogen) atoms. The summed E-state index contributed by atoms with van der Waals surface area (Å²) in [5.74, 6) is 6.19. The molecule has 2 rings (SSSR count). The zero-order valence-corrected chi connectivity index (χ0v) is 10.6. The normalized spacial score (nSPS) is 29.4. The van der Waals surface area contributed by atoms with Crippen molar-refractivity contribution in [1.82, 2.24) is 5.32 Å². The van der Waals surface area contributed by atoms with Crippen LogP contribution in [0.25, 0.3) is 0 Å². The lowest BCUT2D eigenvalue weighted by Gasteiger charge is -2.30. The average molecular weight is 287 g/mol. The van der Waals surface area contributed by atoms with Crippen LogP contribution in [-0.2, 0) is 4.79 Å². The number of hydrogen-bond donors (Lipinski definition) is 2. The molecule has 0 unspecified atom stereocenters. The fourth-order valence-corrected chi connectivity index (χ4v) is 1.78. The number of terminal acetylenes is 2. The molecular weight excluding hydrogens is 260 g/mol. The summed E-state index contributed by atoms with van der Waals surface area (Å²) in [4.78, 5) is 9.84. The molecule has 0 bridgehead atoms.